The van der Waals surface area contributed by atoms with E-state index in [1.54, 1.807) is 0 Å². The zero-order valence-corrected chi connectivity index (χ0v) is 11.7. The lowest BCUT2D eigenvalue weighted by molar-refractivity contribution is 0.917. The molecule has 0 aromatic heterocycles. The van der Waals surface area contributed by atoms with E-state index < -0.39 is 0 Å². The van der Waals surface area contributed by atoms with Crippen molar-refractivity contribution in [1.82, 2.24) is 5.32 Å². The van der Waals surface area contributed by atoms with Crippen LogP contribution in [-0.2, 0) is 0 Å². The van der Waals surface area contributed by atoms with Crippen molar-refractivity contribution in [3.05, 3.63) is 53.5 Å². The molecule has 0 radical (unpaired) electrons. The van der Waals surface area contributed by atoms with E-state index in [0.717, 1.165) is 23.5 Å². The number of hydrogen-bond donors (Lipinski definition) is 2. The van der Waals surface area contributed by atoms with Gasteiger partial charge in [0.1, 0.15) is 0 Å². The number of nitrogens with two attached hydrogens (primary N) is 1. The van der Waals surface area contributed by atoms with Gasteiger partial charge in [-0.3, -0.25) is 0 Å². The molecular formula is C15H23N3. The van der Waals surface area contributed by atoms with E-state index in [9.17, 15) is 0 Å². The molecule has 0 saturated heterocycles. The molecule has 0 atom stereocenters. The normalized spacial score (nSPS) is 13.0. The van der Waals surface area contributed by atoms with E-state index in [0.29, 0.717) is 0 Å². The van der Waals surface area contributed by atoms with Crippen molar-refractivity contribution in [3.8, 4) is 0 Å². The minimum Gasteiger partial charge on any atom is -0.396 e. The maximum atomic E-state index is 6.14. The Bertz CT molecular complexity index is 432. The average molecular weight is 245 g/mol. The van der Waals surface area contributed by atoms with E-state index in [1.807, 2.05) is 43.4 Å². The molecular weight excluding hydrogens is 222 g/mol. The van der Waals surface area contributed by atoms with Crippen LogP contribution in [0, 0.1) is 0 Å². The first-order valence-corrected chi connectivity index (χ1v) is 6.23. The molecule has 0 spiro atoms. The molecule has 0 amide bonds. The highest BCUT2D eigenvalue weighted by Crippen LogP contribution is 2.15. The third-order valence-electron chi connectivity index (χ3n) is 2.99. The molecule has 0 saturated carbocycles. The number of para-hydroxylation sites is 1. The molecule has 0 aliphatic carbocycles. The Hall–Kier alpha value is -1.90. The number of allylic oxidation sites excluding steroid dienone is 1. The zero-order valence-electron chi connectivity index (χ0n) is 11.7. The molecule has 0 bridgehead atoms. The highest BCUT2D eigenvalue weighted by molar-refractivity contribution is 5.49. The number of likely N-dealkylation sites (N-methyl/N-ethyl adjacent to an activating group) is 1. The van der Waals surface area contributed by atoms with E-state index >= 15 is 0 Å². The van der Waals surface area contributed by atoms with E-state index in [1.165, 1.54) is 5.57 Å². The lowest BCUT2D eigenvalue weighted by Gasteiger charge is -2.18. The van der Waals surface area contributed by atoms with Crippen LogP contribution >= 0.6 is 0 Å². The Balaban J connectivity index is 2.96. The van der Waals surface area contributed by atoms with Gasteiger partial charge in [0.25, 0.3) is 0 Å². The van der Waals surface area contributed by atoms with Gasteiger partial charge in [-0.05, 0) is 31.1 Å². The summed E-state index contributed by atoms with van der Waals surface area (Å²) in [5.74, 6) is 0. The van der Waals surface area contributed by atoms with Gasteiger partial charge in [0.15, 0.2) is 0 Å². The Morgan fingerprint density at radius 3 is 2.44 bits per heavy atom. The summed E-state index contributed by atoms with van der Waals surface area (Å²) in [7, 11) is 3.90. The molecule has 18 heavy (non-hydrogen) atoms. The second-order valence-corrected chi connectivity index (χ2v) is 4.29. The van der Waals surface area contributed by atoms with Crippen molar-refractivity contribution in [2.75, 3.05) is 19.0 Å². The standard InChI is InChI=1S/C15H23N3/c1-5-12(2)15(17-3)14(16)11-18(4)13-9-7-6-8-10-13/h6-11,17H,5,16H2,1-4H3/b14-11+,15-12+. The Labute approximate surface area is 110 Å². The fourth-order valence-corrected chi connectivity index (χ4v) is 1.79. The van der Waals surface area contributed by atoms with Crippen LogP contribution in [0.15, 0.2) is 53.5 Å². The van der Waals surface area contributed by atoms with Gasteiger partial charge in [0.05, 0.1) is 11.4 Å². The molecule has 1 aromatic carbocycles. The fraction of sp³-hybridized carbons (Fsp3) is 0.333. The van der Waals surface area contributed by atoms with Crippen LogP contribution in [0.25, 0.3) is 0 Å². The highest BCUT2D eigenvalue weighted by Gasteiger charge is 2.04. The smallest absolute Gasteiger partial charge is 0.0714 e. The van der Waals surface area contributed by atoms with E-state index in [-0.39, 0.29) is 0 Å². The van der Waals surface area contributed by atoms with Crippen molar-refractivity contribution in [2.45, 2.75) is 20.3 Å². The van der Waals surface area contributed by atoms with Crippen molar-refractivity contribution in [1.29, 1.82) is 0 Å². The van der Waals surface area contributed by atoms with E-state index in [4.69, 9.17) is 5.73 Å². The molecule has 3 heteroatoms. The topological polar surface area (TPSA) is 41.3 Å². The molecule has 0 heterocycles. The summed E-state index contributed by atoms with van der Waals surface area (Å²) in [4.78, 5) is 2.02. The molecule has 3 N–H and O–H groups in total. The summed E-state index contributed by atoms with van der Waals surface area (Å²) >= 11 is 0. The summed E-state index contributed by atoms with van der Waals surface area (Å²) in [5, 5.41) is 3.17. The third-order valence-corrected chi connectivity index (χ3v) is 2.99. The van der Waals surface area contributed by atoms with Crippen LogP contribution in [0.1, 0.15) is 20.3 Å². The number of hydrogen-bond acceptors (Lipinski definition) is 3. The monoisotopic (exact) mass is 245 g/mol. The quantitative estimate of drug-likeness (QED) is 0.784. The molecule has 0 aliphatic heterocycles. The number of rotatable bonds is 5. The van der Waals surface area contributed by atoms with Gasteiger partial charge >= 0.3 is 0 Å². The predicted octanol–water partition coefficient (Wildman–Crippen LogP) is 2.83. The molecule has 1 aromatic rings. The largest absolute Gasteiger partial charge is 0.396 e. The Morgan fingerprint density at radius 2 is 1.94 bits per heavy atom. The first-order chi connectivity index (χ1) is 8.60. The number of nitrogens with zero attached hydrogens (tertiary/aromatic N) is 1. The lowest BCUT2D eigenvalue weighted by Crippen LogP contribution is -2.20. The van der Waals surface area contributed by atoms with Crippen molar-refractivity contribution >= 4 is 5.69 Å². The summed E-state index contributed by atoms with van der Waals surface area (Å²) in [6.07, 6.45) is 2.93. The minimum atomic E-state index is 0.753. The maximum absolute atomic E-state index is 6.14. The third kappa shape index (κ3) is 3.55. The van der Waals surface area contributed by atoms with Gasteiger partial charge in [-0.25, -0.2) is 0 Å². The van der Waals surface area contributed by atoms with Crippen molar-refractivity contribution in [3.63, 3.8) is 0 Å². The summed E-state index contributed by atoms with van der Waals surface area (Å²) in [6.45, 7) is 4.22. The minimum absolute atomic E-state index is 0.753. The number of benzene rings is 1. The van der Waals surface area contributed by atoms with Gasteiger partial charge in [-0.2, -0.15) is 0 Å². The van der Waals surface area contributed by atoms with Crippen LogP contribution in [-0.4, -0.2) is 14.1 Å². The predicted molar refractivity (Wildman–Crippen MR) is 79.2 cm³/mol. The molecule has 0 unspecified atom stereocenters. The molecule has 1 rings (SSSR count). The SMILES string of the molecule is CC/C(C)=C(NC)\C(N)=C/N(C)c1ccccc1. The van der Waals surface area contributed by atoms with Crippen LogP contribution < -0.4 is 16.0 Å². The van der Waals surface area contributed by atoms with Crippen LogP contribution in [0.2, 0.25) is 0 Å². The number of anilines is 1. The maximum Gasteiger partial charge on any atom is 0.0714 e. The van der Waals surface area contributed by atoms with Crippen molar-refractivity contribution < 1.29 is 0 Å². The fourth-order valence-electron chi connectivity index (χ4n) is 1.79. The van der Waals surface area contributed by atoms with Gasteiger partial charge in [-0.15, -0.1) is 0 Å². The van der Waals surface area contributed by atoms with E-state index in [2.05, 4.69) is 31.3 Å². The number of nitrogens with one attached hydrogen (secondary N) is 1. The molecule has 0 fully saturated rings. The van der Waals surface area contributed by atoms with Gasteiger partial charge in [0.2, 0.25) is 0 Å². The lowest BCUT2D eigenvalue weighted by atomic mass is 10.1. The van der Waals surface area contributed by atoms with Gasteiger partial charge in [-0.1, -0.05) is 25.1 Å². The molecule has 98 valence electrons. The van der Waals surface area contributed by atoms with Gasteiger partial charge in [0, 0.05) is 26.0 Å². The Morgan fingerprint density at radius 1 is 1.33 bits per heavy atom. The van der Waals surface area contributed by atoms with Crippen molar-refractivity contribution in [2.24, 2.45) is 5.73 Å². The average Bonchev–Trinajstić information content (AvgIpc) is 2.40. The first kappa shape index (κ1) is 14.2. The summed E-state index contributed by atoms with van der Waals surface area (Å²) in [5.41, 5.74) is 10.3. The summed E-state index contributed by atoms with van der Waals surface area (Å²) in [6, 6.07) is 10.1. The highest BCUT2D eigenvalue weighted by atomic mass is 15.1. The van der Waals surface area contributed by atoms with Crippen LogP contribution in [0.5, 0.6) is 0 Å². The first-order valence-electron chi connectivity index (χ1n) is 6.23. The van der Waals surface area contributed by atoms with Gasteiger partial charge < -0.3 is 16.0 Å². The molecule has 0 aliphatic rings. The second-order valence-electron chi connectivity index (χ2n) is 4.29. The summed E-state index contributed by atoms with van der Waals surface area (Å²) < 4.78 is 0. The zero-order chi connectivity index (χ0) is 13.5. The Kier molecular flexibility index (Phi) is 5.31. The van der Waals surface area contributed by atoms with Crippen LogP contribution in [0.4, 0.5) is 5.69 Å². The second kappa shape index (κ2) is 6.74. The van der Waals surface area contributed by atoms with Crippen LogP contribution in [0.3, 0.4) is 0 Å². The molecule has 3 nitrogen and oxygen atoms in total.